The molecule has 0 bridgehead atoms. The Kier molecular flexibility index (Phi) is 7.60. The average Bonchev–Trinajstić information content (AvgIpc) is 2.74. The third-order valence-electron chi connectivity index (χ3n) is 4.71. The fourth-order valence-electron chi connectivity index (χ4n) is 3.03. The Morgan fingerprint density at radius 3 is 2.43 bits per heavy atom. The van der Waals surface area contributed by atoms with Crippen LogP contribution in [0.25, 0.3) is 0 Å². The molecule has 1 aliphatic rings. The van der Waals surface area contributed by atoms with Crippen LogP contribution in [0.15, 0.2) is 41.3 Å². The number of rotatable bonds is 7. The third kappa shape index (κ3) is 5.25. The van der Waals surface area contributed by atoms with Crippen molar-refractivity contribution in [1.82, 2.24) is 9.62 Å². The van der Waals surface area contributed by atoms with E-state index >= 15 is 0 Å². The van der Waals surface area contributed by atoms with Gasteiger partial charge in [-0.25, -0.2) is 8.42 Å². The monoisotopic (exact) mass is 472 g/mol. The van der Waals surface area contributed by atoms with Crippen molar-refractivity contribution in [3.05, 3.63) is 57.6 Å². The number of hydrogen-bond donors (Lipinski definition) is 1. The highest BCUT2D eigenvalue weighted by atomic mass is 35.5. The van der Waals surface area contributed by atoms with Crippen LogP contribution < -0.4 is 10.1 Å². The number of morpholine rings is 1. The van der Waals surface area contributed by atoms with Crippen molar-refractivity contribution >= 4 is 39.1 Å². The Balaban J connectivity index is 1.73. The van der Waals surface area contributed by atoms with Crippen molar-refractivity contribution in [2.45, 2.75) is 11.3 Å². The van der Waals surface area contributed by atoms with E-state index in [1.165, 1.54) is 16.4 Å². The predicted octanol–water partition coefficient (Wildman–Crippen LogP) is 3.00. The second kappa shape index (κ2) is 9.98. The van der Waals surface area contributed by atoms with Crippen molar-refractivity contribution in [2.75, 3.05) is 40.0 Å². The number of benzene rings is 2. The Bertz CT molecular complexity index is 1010. The van der Waals surface area contributed by atoms with Gasteiger partial charge in [0.05, 0.1) is 35.9 Å². The fourth-order valence-corrected chi connectivity index (χ4v) is 5.28. The first-order chi connectivity index (χ1) is 14.3. The number of methoxy groups -OCH3 is 1. The highest BCUT2D eigenvalue weighted by Crippen LogP contribution is 2.31. The van der Waals surface area contributed by atoms with Crippen LogP contribution in [-0.2, 0) is 21.2 Å². The van der Waals surface area contributed by atoms with Gasteiger partial charge in [0.2, 0.25) is 10.0 Å². The molecule has 1 saturated heterocycles. The van der Waals surface area contributed by atoms with E-state index in [4.69, 9.17) is 32.7 Å². The third-order valence-corrected chi connectivity index (χ3v) is 7.39. The summed E-state index contributed by atoms with van der Waals surface area (Å²) in [6.45, 7) is 1.43. The summed E-state index contributed by atoms with van der Waals surface area (Å²) in [5.74, 6) is 0.286. The van der Waals surface area contributed by atoms with Crippen molar-refractivity contribution < 1.29 is 22.7 Å². The number of nitrogens with zero attached hydrogens (tertiary/aromatic N) is 1. The van der Waals surface area contributed by atoms with Crippen LogP contribution in [0.2, 0.25) is 10.0 Å². The summed E-state index contributed by atoms with van der Waals surface area (Å²) in [6.07, 6.45) is 0.597. The summed E-state index contributed by atoms with van der Waals surface area (Å²) in [7, 11) is -2.27. The van der Waals surface area contributed by atoms with E-state index in [0.717, 1.165) is 11.3 Å². The van der Waals surface area contributed by atoms with E-state index in [9.17, 15) is 13.2 Å². The van der Waals surface area contributed by atoms with Crippen LogP contribution in [0, 0.1) is 0 Å². The lowest BCUT2D eigenvalue weighted by Crippen LogP contribution is -2.40. The maximum Gasteiger partial charge on any atom is 0.252 e. The smallest absolute Gasteiger partial charge is 0.252 e. The van der Waals surface area contributed by atoms with Gasteiger partial charge in [0.25, 0.3) is 5.91 Å². The molecule has 7 nitrogen and oxygen atoms in total. The number of amides is 1. The Labute approximate surface area is 185 Å². The number of carbonyl (C=O) groups is 1. The maximum absolute atomic E-state index is 12.9. The number of ether oxygens (including phenoxy) is 2. The minimum Gasteiger partial charge on any atom is -0.497 e. The molecule has 30 heavy (non-hydrogen) atoms. The van der Waals surface area contributed by atoms with Gasteiger partial charge in [-0.15, -0.1) is 0 Å². The Hall–Kier alpha value is -1.84. The first-order valence-corrected chi connectivity index (χ1v) is 11.5. The van der Waals surface area contributed by atoms with Gasteiger partial charge in [-0.3, -0.25) is 4.79 Å². The zero-order valence-corrected chi connectivity index (χ0v) is 18.7. The number of nitrogens with one attached hydrogen (secondary N) is 1. The standard InChI is InChI=1S/C20H22Cl2N2O5S/c1-28-15-4-2-14(3-5-15)6-7-23-20(25)16-12-19(18(22)13-17(16)21)30(26,27)24-8-10-29-11-9-24/h2-5,12-13H,6-11H2,1H3,(H,23,25). The second-order valence-corrected chi connectivity index (χ2v) is 9.35. The van der Waals surface area contributed by atoms with E-state index in [0.29, 0.717) is 26.2 Å². The first kappa shape index (κ1) is 22.8. The summed E-state index contributed by atoms with van der Waals surface area (Å²) >= 11 is 12.3. The molecule has 1 fully saturated rings. The first-order valence-electron chi connectivity index (χ1n) is 9.31. The van der Waals surface area contributed by atoms with Gasteiger partial charge in [-0.1, -0.05) is 35.3 Å². The van der Waals surface area contributed by atoms with E-state index in [-0.39, 0.29) is 33.6 Å². The van der Waals surface area contributed by atoms with E-state index in [1.54, 1.807) is 7.11 Å². The van der Waals surface area contributed by atoms with E-state index < -0.39 is 15.9 Å². The molecule has 10 heteroatoms. The Morgan fingerprint density at radius 2 is 1.80 bits per heavy atom. The summed E-state index contributed by atoms with van der Waals surface area (Å²) in [4.78, 5) is 12.5. The lowest BCUT2D eigenvalue weighted by atomic mass is 10.1. The van der Waals surface area contributed by atoms with Crippen LogP contribution in [-0.4, -0.2) is 58.6 Å². The number of carbonyl (C=O) groups excluding carboxylic acids is 1. The normalized spacial score (nSPS) is 15.0. The summed E-state index contributed by atoms with van der Waals surface area (Å²) in [6, 6.07) is 10.0. The zero-order chi connectivity index (χ0) is 21.7. The van der Waals surface area contributed by atoms with Crippen LogP contribution in [0.3, 0.4) is 0 Å². The molecular formula is C20H22Cl2N2O5S. The molecule has 2 aromatic carbocycles. The highest BCUT2D eigenvalue weighted by Gasteiger charge is 2.30. The van der Waals surface area contributed by atoms with Crippen molar-refractivity contribution in [3.8, 4) is 5.75 Å². The van der Waals surface area contributed by atoms with Gasteiger partial charge in [-0.05, 0) is 36.2 Å². The quantitative estimate of drug-likeness (QED) is 0.669. The molecule has 162 valence electrons. The average molecular weight is 473 g/mol. The molecule has 0 spiro atoms. The summed E-state index contributed by atoms with van der Waals surface area (Å²) < 4.78 is 37.5. The van der Waals surface area contributed by atoms with E-state index in [1.807, 2.05) is 24.3 Å². The van der Waals surface area contributed by atoms with Gasteiger partial charge in [0.15, 0.2) is 0 Å². The number of sulfonamides is 1. The summed E-state index contributed by atoms with van der Waals surface area (Å²) in [5, 5.41) is 2.83. The number of hydrogen-bond acceptors (Lipinski definition) is 5. The molecule has 1 aliphatic heterocycles. The van der Waals surface area contributed by atoms with Gasteiger partial charge >= 0.3 is 0 Å². The van der Waals surface area contributed by atoms with Crippen LogP contribution in [0.5, 0.6) is 5.75 Å². The van der Waals surface area contributed by atoms with Crippen LogP contribution >= 0.6 is 23.2 Å². The largest absolute Gasteiger partial charge is 0.497 e. The van der Waals surface area contributed by atoms with Crippen molar-refractivity contribution in [1.29, 1.82) is 0 Å². The lowest BCUT2D eigenvalue weighted by molar-refractivity contribution is 0.0730. The molecule has 3 rings (SSSR count). The van der Waals surface area contributed by atoms with E-state index in [2.05, 4.69) is 5.32 Å². The SMILES string of the molecule is COc1ccc(CCNC(=O)c2cc(S(=O)(=O)N3CCOCC3)c(Cl)cc2Cl)cc1. The molecule has 1 heterocycles. The van der Waals surface area contributed by atoms with Gasteiger partial charge in [-0.2, -0.15) is 4.31 Å². The maximum atomic E-state index is 12.9. The number of halogens is 2. The fraction of sp³-hybridized carbons (Fsp3) is 0.350. The Morgan fingerprint density at radius 1 is 1.13 bits per heavy atom. The molecule has 0 radical (unpaired) electrons. The van der Waals surface area contributed by atoms with Gasteiger partial charge in [0, 0.05) is 19.6 Å². The minimum atomic E-state index is -3.86. The highest BCUT2D eigenvalue weighted by molar-refractivity contribution is 7.89. The summed E-state index contributed by atoms with van der Waals surface area (Å²) in [5.41, 5.74) is 1.08. The lowest BCUT2D eigenvalue weighted by Gasteiger charge is -2.26. The molecule has 1 amide bonds. The molecule has 0 saturated carbocycles. The van der Waals surface area contributed by atoms with Gasteiger partial charge in [0.1, 0.15) is 10.6 Å². The van der Waals surface area contributed by atoms with Gasteiger partial charge < -0.3 is 14.8 Å². The van der Waals surface area contributed by atoms with Crippen molar-refractivity contribution in [3.63, 3.8) is 0 Å². The van der Waals surface area contributed by atoms with Crippen LogP contribution in [0.1, 0.15) is 15.9 Å². The molecule has 0 aromatic heterocycles. The topological polar surface area (TPSA) is 84.9 Å². The predicted molar refractivity (Wildman–Crippen MR) is 115 cm³/mol. The molecule has 0 aliphatic carbocycles. The second-order valence-electron chi connectivity index (χ2n) is 6.63. The minimum absolute atomic E-state index is 0.0266. The van der Waals surface area contributed by atoms with Crippen LogP contribution in [0.4, 0.5) is 0 Å². The van der Waals surface area contributed by atoms with Crippen molar-refractivity contribution in [2.24, 2.45) is 0 Å². The molecular weight excluding hydrogens is 451 g/mol. The zero-order valence-electron chi connectivity index (χ0n) is 16.4. The molecule has 0 unspecified atom stereocenters. The molecule has 2 aromatic rings. The molecule has 1 N–H and O–H groups in total. The molecule has 0 atom stereocenters.